The molecule has 0 aliphatic rings. The van der Waals surface area contributed by atoms with Crippen LogP contribution in [-0.2, 0) is 16.0 Å². The van der Waals surface area contributed by atoms with Gasteiger partial charge in [0.25, 0.3) is 0 Å². The fraction of sp³-hybridized carbons (Fsp3) is 0.308. The number of thioether (sulfide) groups is 1. The van der Waals surface area contributed by atoms with Gasteiger partial charge in [-0.2, -0.15) is 0 Å². The second-order valence-electron chi connectivity index (χ2n) is 4.10. The Hall–Kier alpha value is -1.60. The van der Waals surface area contributed by atoms with Crippen LogP contribution < -0.4 is 5.73 Å². The molecule has 0 spiro atoms. The van der Waals surface area contributed by atoms with E-state index < -0.39 is 0 Å². The van der Waals surface area contributed by atoms with Crippen LogP contribution in [0.4, 0.5) is 5.82 Å². The van der Waals surface area contributed by atoms with E-state index in [1.54, 1.807) is 24.5 Å². The van der Waals surface area contributed by atoms with Crippen molar-refractivity contribution in [2.75, 3.05) is 12.8 Å². The van der Waals surface area contributed by atoms with Gasteiger partial charge in [0.05, 0.1) is 7.11 Å². The summed E-state index contributed by atoms with van der Waals surface area (Å²) in [5.74, 6) is 0.146. The van der Waals surface area contributed by atoms with Crippen LogP contribution in [0.5, 0.6) is 0 Å². The van der Waals surface area contributed by atoms with E-state index in [-0.39, 0.29) is 11.2 Å². The number of ether oxygens (including phenoxy) is 1. The molecule has 2 heterocycles. The Kier molecular flexibility index (Phi) is 4.97. The predicted molar refractivity (Wildman–Crippen MR) is 80.9 cm³/mol. The predicted octanol–water partition coefficient (Wildman–Crippen LogP) is 2.36. The van der Waals surface area contributed by atoms with Crippen LogP contribution >= 0.6 is 23.1 Å². The van der Waals surface area contributed by atoms with Crippen LogP contribution in [0, 0.1) is 0 Å². The molecule has 0 saturated heterocycles. The number of nitrogen functional groups attached to an aromatic ring is 1. The molecule has 0 radical (unpaired) electrons. The lowest BCUT2D eigenvalue weighted by Crippen LogP contribution is -2.15. The molecule has 2 rings (SSSR count). The summed E-state index contributed by atoms with van der Waals surface area (Å²) in [6.07, 6.45) is 2.44. The lowest BCUT2D eigenvalue weighted by Gasteiger charge is -2.09. The molecule has 0 aromatic carbocycles. The van der Waals surface area contributed by atoms with Crippen molar-refractivity contribution in [1.82, 2.24) is 9.97 Å². The van der Waals surface area contributed by atoms with E-state index in [0.717, 1.165) is 12.0 Å². The molecule has 106 valence electrons. The van der Waals surface area contributed by atoms with Crippen LogP contribution in [0.25, 0.3) is 0 Å². The Balaban J connectivity index is 2.07. The highest BCUT2D eigenvalue weighted by atomic mass is 32.2. The van der Waals surface area contributed by atoms with E-state index in [4.69, 9.17) is 5.73 Å². The van der Waals surface area contributed by atoms with E-state index >= 15 is 0 Å². The number of nitrogens with zero attached hydrogens (tertiary/aromatic N) is 2. The number of carbonyl (C=O) groups excluding carboxylic acids is 1. The Bertz CT molecular complexity index is 587. The van der Waals surface area contributed by atoms with E-state index in [2.05, 4.69) is 14.7 Å². The highest BCUT2D eigenvalue weighted by Gasteiger charge is 2.17. The summed E-state index contributed by atoms with van der Waals surface area (Å²) in [6.45, 7) is 1.75. The third-order valence-electron chi connectivity index (χ3n) is 2.64. The van der Waals surface area contributed by atoms with Crippen molar-refractivity contribution < 1.29 is 9.53 Å². The van der Waals surface area contributed by atoms with E-state index in [1.165, 1.54) is 23.7 Å². The maximum Gasteiger partial charge on any atom is 0.318 e. The molecule has 2 N–H and O–H groups in total. The minimum atomic E-state index is -0.359. The molecule has 0 saturated carbocycles. The van der Waals surface area contributed by atoms with Gasteiger partial charge in [0.2, 0.25) is 0 Å². The average molecular weight is 309 g/mol. The normalized spacial score (nSPS) is 12.1. The molecule has 0 amide bonds. The molecule has 1 unspecified atom stereocenters. The van der Waals surface area contributed by atoms with Gasteiger partial charge in [-0.05, 0) is 18.4 Å². The van der Waals surface area contributed by atoms with Crippen LogP contribution in [0.3, 0.4) is 0 Å². The number of methoxy groups -OCH3 is 1. The van der Waals surface area contributed by atoms with Crippen molar-refractivity contribution in [2.45, 2.75) is 23.8 Å². The molecule has 0 bridgehead atoms. The number of hydrogen-bond acceptors (Lipinski definition) is 7. The summed E-state index contributed by atoms with van der Waals surface area (Å²) in [7, 11) is 1.36. The van der Waals surface area contributed by atoms with Crippen LogP contribution in [0.2, 0.25) is 0 Å². The standard InChI is InChI=1S/C13H15N3O2S2/c1-8(12(17)18-2)20-13-15-7-9(11(14)16-13)6-10-4-3-5-19-10/h3-5,7-8H,6H2,1-2H3,(H2,14,15,16). The first-order chi connectivity index (χ1) is 9.60. The van der Waals surface area contributed by atoms with Crippen molar-refractivity contribution in [1.29, 1.82) is 0 Å². The zero-order chi connectivity index (χ0) is 14.5. The first-order valence-electron chi connectivity index (χ1n) is 5.98. The number of aromatic nitrogens is 2. The summed E-state index contributed by atoms with van der Waals surface area (Å²) in [4.78, 5) is 21.0. The van der Waals surface area contributed by atoms with Crippen LogP contribution in [0.1, 0.15) is 17.4 Å². The number of anilines is 1. The first-order valence-corrected chi connectivity index (χ1v) is 7.74. The van der Waals surface area contributed by atoms with Crippen LogP contribution in [-0.4, -0.2) is 28.3 Å². The van der Waals surface area contributed by atoms with Gasteiger partial charge < -0.3 is 10.5 Å². The smallest absolute Gasteiger partial charge is 0.318 e. The zero-order valence-electron chi connectivity index (χ0n) is 11.2. The van der Waals surface area contributed by atoms with Gasteiger partial charge in [-0.25, -0.2) is 9.97 Å². The minimum Gasteiger partial charge on any atom is -0.468 e. The van der Waals surface area contributed by atoms with Gasteiger partial charge in [0.1, 0.15) is 11.1 Å². The lowest BCUT2D eigenvalue weighted by molar-refractivity contribution is -0.139. The second kappa shape index (κ2) is 6.71. The van der Waals surface area contributed by atoms with E-state index in [0.29, 0.717) is 11.0 Å². The van der Waals surface area contributed by atoms with Crippen molar-refractivity contribution in [3.63, 3.8) is 0 Å². The van der Waals surface area contributed by atoms with Gasteiger partial charge in [-0.3, -0.25) is 4.79 Å². The lowest BCUT2D eigenvalue weighted by atomic mass is 10.2. The topological polar surface area (TPSA) is 78.1 Å². The van der Waals surface area contributed by atoms with Crippen molar-refractivity contribution in [3.8, 4) is 0 Å². The Morgan fingerprint density at radius 1 is 1.60 bits per heavy atom. The third kappa shape index (κ3) is 3.71. The van der Waals surface area contributed by atoms with Crippen molar-refractivity contribution in [3.05, 3.63) is 34.2 Å². The fourth-order valence-corrected chi connectivity index (χ4v) is 3.07. The number of esters is 1. The quantitative estimate of drug-likeness (QED) is 0.519. The molecule has 0 aliphatic heterocycles. The molecule has 5 nitrogen and oxygen atoms in total. The number of hydrogen-bond donors (Lipinski definition) is 1. The summed E-state index contributed by atoms with van der Waals surface area (Å²) >= 11 is 2.90. The number of carbonyl (C=O) groups is 1. The average Bonchev–Trinajstić information content (AvgIpc) is 2.93. The van der Waals surface area contributed by atoms with E-state index in [1.807, 2.05) is 17.5 Å². The minimum absolute atomic E-state index is 0.306. The molecule has 0 fully saturated rings. The zero-order valence-corrected chi connectivity index (χ0v) is 12.8. The largest absolute Gasteiger partial charge is 0.468 e. The number of nitrogens with two attached hydrogens (primary N) is 1. The highest BCUT2D eigenvalue weighted by molar-refractivity contribution is 8.00. The van der Waals surface area contributed by atoms with Gasteiger partial charge in [-0.1, -0.05) is 17.8 Å². The molecule has 0 aliphatic carbocycles. The Labute approximate surface area is 125 Å². The molecule has 2 aromatic rings. The van der Waals surface area contributed by atoms with Gasteiger partial charge in [-0.15, -0.1) is 11.3 Å². The molecule has 7 heteroatoms. The second-order valence-corrected chi connectivity index (χ2v) is 6.44. The molecule has 20 heavy (non-hydrogen) atoms. The summed E-state index contributed by atoms with van der Waals surface area (Å²) in [6, 6.07) is 4.05. The molecule has 1 atom stereocenters. The Morgan fingerprint density at radius 3 is 3.00 bits per heavy atom. The van der Waals surface area contributed by atoms with Crippen molar-refractivity contribution >= 4 is 34.9 Å². The van der Waals surface area contributed by atoms with E-state index in [9.17, 15) is 4.79 Å². The number of rotatable bonds is 5. The number of thiophene rings is 1. The molecular weight excluding hydrogens is 294 g/mol. The molecular formula is C13H15N3O2S2. The third-order valence-corrected chi connectivity index (χ3v) is 4.47. The highest BCUT2D eigenvalue weighted by Crippen LogP contribution is 2.23. The molecule has 2 aromatic heterocycles. The van der Waals surface area contributed by atoms with Gasteiger partial charge >= 0.3 is 5.97 Å². The summed E-state index contributed by atoms with van der Waals surface area (Å²) in [5, 5.41) is 2.15. The van der Waals surface area contributed by atoms with Crippen LogP contribution in [0.15, 0.2) is 28.9 Å². The van der Waals surface area contributed by atoms with Gasteiger partial charge in [0, 0.05) is 23.1 Å². The monoisotopic (exact) mass is 309 g/mol. The van der Waals surface area contributed by atoms with Crippen molar-refractivity contribution in [2.24, 2.45) is 0 Å². The first kappa shape index (κ1) is 14.8. The SMILES string of the molecule is COC(=O)C(C)Sc1ncc(Cc2cccs2)c(N)n1. The summed E-state index contributed by atoms with van der Waals surface area (Å²) in [5.41, 5.74) is 6.84. The Morgan fingerprint density at radius 2 is 2.40 bits per heavy atom. The summed E-state index contributed by atoms with van der Waals surface area (Å²) < 4.78 is 4.66. The maximum atomic E-state index is 11.4. The maximum absolute atomic E-state index is 11.4. The van der Waals surface area contributed by atoms with Gasteiger partial charge in [0.15, 0.2) is 5.16 Å². The fourth-order valence-electron chi connectivity index (χ4n) is 1.57.